The number of carboxylic acid groups (broad SMARTS) is 1. The quantitative estimate of drug-likeness (QED) is 0.202. The molecule has 0 saturated heterocycles. The van der Waals surface area contributed by atoms with Crippen LogP contribution in [0.25, 0.3) is 0 Å². The van der Waals surface area contributed by atoms with Crippen molar-refractivity contribution in [1.29, 1.82) is 0 Å². The van der Waals surface area contributed by atoms with E-state index in [0.29, 0.717) is 0 Å². The highest BCUT2D eigenvalue weighted by Gasteiger charge is 2.29. The molecular weight excluding hydrogens is 530 g/mol. The molecule has 0 unspecified atom stereocenters. The third-order valence-corrected chi connectivity index (χ3v) is 4.91. The van der Waals surface area contributed by atoms with Crippen LogP contribution in [-0.4, -0.2) is 53.3 Å². The van der Waals surface area contributed by atoms with Crippen molar-refractivity contribution < 1.29 is 51.4 Å². The molecule has 37 heavy (non-hydrogen) atoms. The highest BCUT2D eigenvalue weighted by Crippen LogP contribution is 2.26. The normalized spacial score (nSPS) is 12.2. The zero-order chi connectivity index (χ0) is 27.9. The highest BCUT2D eigenvalue weighted by atomic mass is 35.5. The first-order valence-corrected chi connectivity index (χ1v) is 10.6. The second kappa shape index (κ2) is 12.7. The van der Waals surface area contributed by atoms with Crippen LogP contribution in [0.1, 0.15) is 13.3 Å². The van der Waals surface area contributed by atoms with E-state index < -0.39 is 83.6 Å². The van der Waals surface area contributed by atoms with Crippen molar-refractivity contribution in [3.05, 3.63) is 58.6 Å². The van der Waals surface area contributed by atoms with Crippen LogP contribution < -0.4 is 20.7 Å². The molecule has 15 heteroatoms. The molecule has 3 amide bonds. The Morgan fingerprint density at radius 2 is 1.57 bits per heavy atom. The van der Waals surface area contributed by atoms with Gasteiger partial charge in [-0.2, -0.15) is 8.78 Å². The van der Waals surface area contributed by atoms with Gasteiger partial charge in [-0.25, -0.2) is 8.78 Å². The maximum atomic E-state index is 13.7. The first kappa shape index (κ1) is 29.0. The molecule has 0 fully saturated rings. The standard InChI is InChI=1S/C22H18ClF4N3O7/c1-9(28-21(35)22(36)29-13-5-3-2-4-10(13)23)20(34)30-14(7-16(32)33)15(31)8-37-19-17(26)11(24)6-12(25)18(19)27/h2-6,9,14H,7-8H2,1H3,(H,28,35)(H,29,36)(H,30,34)(H,32,33)/t9-,14-/m0/s1. The van der Waals surface area contributed by atoms with E-state index in [1.165, 1.54) is 18.2 Å². The summed E-state index contributed by atoms with van der Waals surface area (Å²) in [5.41, 5.74) is 0.111. The summed E-state index contributed by atoms with van der Waals surface area (Å²) in [6, 6.07) is 2.57. The molecule has 0 spiro atoms. The topological polar surface area (TPSA) is 151 Å². The van der Waals surface area contributed by atoms with Crippen molar-refractivity contribution in [2.75, 3.05) is 11.9 Å². The Hall–Kier alpha value is -4.20. The maximum Gasteiger partial charge on any atom is 0.313 e. The summed E-state index contributed by atoms with van der Waals surface area (Å²) >= 11 is 5.88. The van der Waals surface area contributed by atoms with Crippen LogP contribution in [0, 0.1) is 23.3 Å². The number of hydrogen-bond donors (Lipinski definition) is 4. The van der Waals surface area contributed by atoms with Gasteiger partial charge in [-0.3, -0.25) is 24.0 Å². The van der Waals surface area contributed by atoms with Gasteiger partial charge in [0.1, 0.15) is 18.7 Å². The number of carbonyl (C=O) groups excluding carboxylic acids is 4. The van der Waals surface area contributed by atoms with E-state index in [9.17, 15) is 41.5 Å². The number of Topliss-reactive ketones (excluding diaryl/α,β-unsaturated/α-hetero) is 1. The van der Waals surface area contributed by atoms with Crippen LogP contribution in [0.15, 0.2) is 30.3 Å². The molecule has 2 atom stereocenters. The van der Waals surface area contributed by atoms with Crippen molar-refractivity contribution in [1.82, 2.24) is 10.6 Å². The largest absolute Gasteiger partial charge is 0.481 e. The Morgan fingerprint density at radius 3 is 2.14 bits per heavy atom. The Balaban J connectivity index is 2.02. The molecule has 4 N–H and O–H groups in total. The van der Waals surface area contributed by atoms with Crippen LogP contribution in [0.2, 0.25) is 5.02 Å². The molecule has 2 aromatic rings. The molecule has 10 nitrogen and oxygen atoms in total. The number of anilines is 1. The summed E-state index contributed by atoms with van der Waals surface area (Å²) in [5, 5.41) is 15.4. The molecule has 0 aliphatic heterocycles. The number of benzene rings is 2. The van der Waals surface area contributed by atoms with E-state index in [4.69, 9.17) is 16.7 Å². The Morgan fingerprint density at radius 1 is 0.973 bits per heavy atom. The lowest BCUT2D eigenvalue weighted by Gasteiger charge is -2.20. The van der Waals surface area contributed by atoms with Crippen molar-refractivity contribution in [2.45, 2.75) is 25.4 Å². The SMILES string of the molecule is C[C@H](NC(=O)C(=O)Nc1ccccc1Cl)C(=O)N[C@@H](CC(=O)O)C(=O)COc1c(F)c(F)cc(F)c1F. The fourth-order valence-electron chi connectivity index (χ4n) is 2.71. The number of aliphatic carboxylic acids is 1. The molecule has 2 rings (SSSR count). The lowest BCUT2D eigenvalue weighted by molar-refractivity contribution is -0.141. The summed E-state index contributed by atoms with van der Waals surface area (Å²) in [5.74, 6) is -15.4. The molecule has 198 valence electrons. The first-order chi connectivity index (χ1) is 17.3. The number of ketones is 1. The number of para-hydroxylation sites is 1. The number of ether oxygens (including phenoxy) is 1. The number of carboxylic acids is 1. The van der Waals surface area contributed by atoms with E-state index in [-0.39, 0.29) is 16.8 Å². The van der Waals surface area contributed by atoms with E-state index >= 15 is 0 Å². The predicted molar refractivity (Wildman–Crippen MR) is 119 cm³/mol. The molecule has 0 aliphatic carbocycles. The average molecular weight is 548 g/mol. The van der Waals surface area contributed by atoms with Gasteiger partial charge in [0.15, 0.2) is 23.2 Å². The maximum absolute atomic E-state index is 13.7. The van der Waals surface area contributed by atoms with Gasteiger partial charge in [-0.1, -0.05) is 23.7 Å². The van der Waals surface area contributed by atoms with Crippen LogP contribution in [0.4, 0.5) is 23.2 Å². The molecule has 0 heterocycles. The fourth-order valence-corrected chi connectivity index (χ4v) is 2.89. The van der Waals surface area contributed by atoms with E-state index in [2.05, 4.69) is 10.1 Å². The molecule has 0 bridgehead atoms. The van der Waals surface area contributed by atoms with Gasteiger partial charge in [0.2, 0.25) is 17.5 Å². The molecular formula is C22H18ClF4N3O7. The Kier molecular flexibility index (Phi) is 9.94. The molecule has 2 aromatic carbocycles. The lowest BCUT2D eigenvalue weighted by atomic mass is 10.1. The number of carbonyl (C=O) groups is 5. The number of hydrogen-bond acceptors (Lipinski definition) is 6. The van der Waals surface area contributed by atoms with Gasteiger partial charge < -0.3 is 25.8 Å². The van der Waals surface area contributed by atoms with E-state index in [1.54, 1.807) is 6.07 Å². The summed E-state index contributed by atoms with van der Waals surface area (Å²) in [6.45, 7) is -0.176. The smallest absolute Gasteiger partial charge is 0.313 e. The molecule has 0 aromatic heterocycles. The zero-order valence-corrected chi connectivity index (χ0v) is 19.5. The van der Waals surface area contributed by atoms with Crippen LogP contribution in [0.5, 0.6) is 5.75 Å². The third kappa shape index (κ3) is 7.90. The van der Waals surface area contributed by atoms with Gasteiger partial charge in [0.05, 0.1) is 17.1 Å². The summed E-state index contributed by atoms with van der Waals surface area (Å²) in [4.78, 5) is 60.0. The summed E-state index contributed by atoms with van der Waals surface area (Å²) < 4.78 is 58.5. The Bertz CT molecular complexity index is 1220. The van der Waals surface area contributed by atoms with Crippen LogP contribution in [-0.2, 0) is 24.0 Å². The van der Waals surface area contributed by atoms with Crippen LogP contribution in [0.3, 0.4) is 0 Å². The number of nitrogens with one attached hydrogen (secondary N) is 3. The van der Waals surface area contributed by atoms with Gasteiger partial charge in [-0.05, 0) is 19.1 Å². The zero-order valence-electron chi connectivity index (χ0n) is 18.7. The lowest BCUT2D eigenvalue weighted by Crippen LogP contribution is -2.53. The molecule has 0 saturated carbocycles. The minimum absolute atomic E-state index is 0.0861. The van der Waals surface area contributed by atoms with Crippen molar-refractivity contribution >= 4 is 46.8 Å². The van der Waals surface area contributed by atoms with Crippen molar-refractivity contribution in [3.8, 4) is 5.75 Å². The molecule has 0 aliphatic rings. The number of amides is 3. The van der Waals surface area contributed by atoms with Crippen molar-refractivity contribution in [2.24, 2.45) is 0 Å². The number of rotatable bonds is 10. The van der Waals surface area contributed by atoms with E-state index in [1.807, 2.05) is 10.6 Å². The average Bonchev–Trinajstić information content (AvgIpc) is 2.83. The van der Waals surface area contributed by atoms with E-state index in [0.717, 1.165) is 6.92 Å². The first-order valence-electron chi connectivity index (χ1n) is 10.2. The van der Waals surface area contributed by atoms with Crippen molar-refractivity contribution in [3.63, 3.8) is 0 Å². The van der Waals surface area contributed by atoms with Gasteiger partial charge >= 0.3 is 17.8 Å². The summed E-state index contributed by atoms with van der Waals surface area (Å²) in [6.07, 6.45) is -1.02. The monoisotopic (exact) mass is 547 g/mol. The Labute approximate surface area is 210 Å². The highest BCUT2D eigenvalue weighted by molar-refractivity contribution is 6.41. The minimum atomic E-state index is -1.93. The van der Waals surface area contributed by atoms with Gasteiger partial charge in [0, 0.05) is 6.07 Å². The number of halogens is 5. The van der Waals surface area contributed by atoms with Crippen LogP contribution >= 0.6 is 11.6 Å². The minimum Gasteiger partial charge on any atom is -0.481 e. The second-order valence-corrected chi connectivity index (χ2v) is 7.75. The van der Waals surface area contributed by atoms with Gasteiger partial charge in [0.25, 0.3) is 0 Å². The summed E-state index contributed by atoms with van der Waals surface area (Å²) in [7, 11) is 0. The van der Waals surface area contributed by atoms with Gasteiger partial charge in [-0.15, -0.1) is 0 Å². The second-order valence-electron chi connectivity index (χ2n) is 7.34. The predicted octanol–water partition coefficient (Wildman–Crippen LogP) is 1.95. The fraction of sp³-hybridized carbons (Fsp3) is 0.227. The molecule has 0 radical (unpaired) electrons. The third-order valence-electron chi connectivity index (χ3n) is 4.58.